The van der Waals surface area contributed by atoms with Gasteiger partial charge in [-0.25, -0.2) is 4.39 Å². The Balaban J connectivity index is 1.73. The van der Waals surface area contributed by atoms with E-state index in [0.29, 0.717) is 24.9 Å². The molecule has 38 heavy (non-hydrogen) atoms. The Morgan fingerprint density at radius 1 is 1.00 bits per heavy atom. The summed E-state index contributed by atoms with van der Waals surface area (Å²) in [6.07, 6.45) is 1.28. The Morgan fingerprint density at radius 2 is 1.71 bits per heavy atom. The molecule has 0 aromatic heterocycles. The van der Waals surface area contributed by atoms with E-state index in [9.17, 15) is 14.0 Å². The van der Waals surface area contributed by atoms with E-state index >= 15 is 0 Å². The minimum atomic E-state index is -0.541. The molecule has 4 rings (SSSR count). The highest BCUT2D eigenvalue weighted by molar-refractivity contribution is 5.98. The second-order valence-electron chi connectivity index (χ2n) is 11.1. The van der Waals surface area contributed by atoms with Crippen LogP contribution in [0.3, 0.4) is 0 Å². The summed E-state index contributed by atoms with van der Waals surface area (Å²) >= 11 is 0. The topological polar surface area (TPSA) is 61.4 Å². The quantitative estimate of drug-likeness (QED) is 0.368. The molecule has 1 saturated heterocycles. The van der Waals surface area contributed by atoms with Gasteiger partial charge in [0.1, 0.15) is 5.82 Å². The van der Waals surface area contributed by atoms with Crippen LogP contribution < -0.4 is 10.6 Å². The first-order chi connectivity index (χ1) is 18.1. The number of rotatable bonds is 6. The maximum absolute atomic E-state index is 14.9. The van der Waals surface area contributed by atoms with Crippen LogP contribution in [0.1, 0.15) is 73.6 Å². The van der Waals surface area contributed by atoms with Gasteiger partial charge in [0.2, 0.25) is 5.91 Å². The predicted molar refractivity (Wildman–Crippen MR) is 152 cm³/mol. The van der Waals surface area contributed by atoms with Gasteiger partial charge in [-0.3, -0.25) is 9.59 Å². The van der Waals surface area contributed by atoms with Crippen molar-refractivity contribution in [3.63, 3.8) is 0 Å². The summed E-state index contributed by atoms with van der Waals surface area (Å²) in [4.78, 5) is 29.4. The van der Waals surface area contributed by atoms with E-state index in [-0.39, 0.29) is 22.8 Å². The Labute approximate surface area is 225 Å². The highest BCUT2D eigenvalue weighted by Gasteiger charge is 2.40. The summed E-state index contributed by atoms with van der Waals surface area (Å²) < 4.78 is 14.9. The second-order valence-corrected chi connectivity index (χ2v) is 11.1. The maximum Gasteiger partial charge on any atom is 0.257 e. The van der Waals surface area contributed by atoms with Crippen molar-refractivity contribution in [1.82, 2.24) is 4.90 Å². The molecule has 0 aliphatic carbocycles. The SMILES string of the molecule is CCNc1cccc([C@H]2[C@@H](C(=O)Nc3cccc(C(C)(C)C)c3)CCCN2C(=O)c2c(C)cccc2F)c1. The number of carbonyl (C=O) groups is 2. The molecule has 1 aliphatic heterocycles. The van der Waals surface area contributed by atoms with Crippen molar-refractivity contribution in [3.05, 3.63) is 94.8 Å². The third-order valence-electron chi connectivity index (χ3n) is 7.27. The van der Waals surface area contributed by atoms with Gasteiger partial charge in [0.15, 0.2) is 0 Å². The van der Waals surface area contributed by atoms with Gasteiger partial charge in [0.25, 0.3) is 5.91 Å². The first-order valence-electron chi connectivity index (χ1n) is 13.4. The fourth-order valence-corrected chi connectivity index (χ4v) is 5.29. The Kier molecular flexibility index (Phi) is 8.20. The standard InChI is InChI=1S/C32H38FN3O2/c1-6-34-24-14-8-12-22(19-24)29-26(30(37)35-25-15-9-13-23(20-25)32(3,4)5)16-10-18-36(29)31(38)28-21(2)11-7-17-27(28)33/h7-9,11-15,17,19-20,26,29,34H,6,10,16,18H2,1-5H3,(H,35,37)/t26-,29-/m0/s1. The predicted octanol–water partition coefficient (Wildman–Crippen LogP) is 7.10. The normalized spacial score (nSPS) is 17.7. The molecule has 0 radical (unpaired) electrons. The molecule has 0 saturated carbocycles. The van der Waals surface area contributed by atoms with Crippen molar-refractivity contribution in [2.45, 2.75) is 58.9 Å². The zero-order chi connectivity index (χ0) is 27.4. The molecule has 1 heterocycles. The van der Waals surface area contributed by atoms with Crippen LogP contribution in [0.25, 0.3) is 0 Å². The zero-order valence-electron chi connectivity index (χ0n) is 23.0. The molecule has 5 nitrogen and oxygen atoms in total. The van der Waals surface area contributed by atoms with Crippen molar-refractivity contribution in [2.24, 2.45) is 5.92 Å². The number of nitrogens with zero attached hydrogens (tertiary/aromatic N) is 1. The van der Waals surface area contributed by atoms with Crippen LogP contribution >= 0.6 is 0 Å². The van der Waals surface area contributed by atoms with Crippen LogP contribution in [0.2, 0.25) is 0 Å². The Morgan fingerprint density at radius 3 is 2.42 bits per heavy atom. The fourth-order valence-electron chi connectivity index (χ4n) is 5.29. The Bertz CT molecular complexity index is 1290. The Hall–Kier alpha value is -3.67. The number of nitrogens with one attached hydrogen (secondary N) is 2. The summed E-state index contributed by atoms with van der Waals surface area (Å²) in [5, 5.41) is 6.44. The average molecular weight is 516 g/mol. The molecule has 0 spiro atoms. The van der Waals surface area contributed by atoms with Gasteiger partial charge in [-0.1, -0.05) is 57.2 Å². The van der Waals surface area contributed by atoms with E-state index in [2.05, 4.69) is 37.5 Å². The van der Waals surface area contributed by atoms with E-state index < -0.39 is 17.8 Å². The lowest BCUT2D eigenvalue weighted by atomic mass is 9.83. The van der Waals surface area contributed by atoms with Crippen LogP contribution in [-0.2, 0) is 10.2 Å². The van der Waals surface area contributed by atoms with Gasteiger partial charge < -0.3 is 15.5 Å². The fraction of sp³-hybridized carbons (Fsp3) is 0.375. The van der Waals surface area contributed by atoms with Crippen LogP contribution in [-0.4, -0.2) is 29.8 Å². The van der Waals surface area contributed by atoms with E-state index in [4.69, 9.17) is 0 Å². The molecular formula is C32H38FN3O2. The van der Waals surface area contributed by atoms with Gasteiger partial charge >= 0.3 is 0 Å². The summed E-state index contributed by atoms with van der Waals surface area (Å²) in [5.41, 5.74) is 4.23. The third kappa shape index (κ3) is 5.90. The summed E-state index contributed by atoms with van der Waals surface area (Å²) in [5.74, 6) is -1.56. The zero-order valence-corrected chi connectivity index (χ0v) is 23.0. The van der Waals surface area contributed by atoms with E-state index in [1.165, 1.54) is 6.07 Å². The first-order valence-corrected chi connectivity index (χ1v) is 13.4. The number of hydrogen-bond donors (Lipinski definition) is 2. The lowest BCUT2D eigenvalue weighted by Crippen LogP contribution is -2.46. The van der Waals surface area contributed by atoms with Crippen molar-refractivity contribution in [2.75, 3.05) is 23.7 Å². The van der Waals surface area contributed by atoms with Gasteiger partial charge in [-0.05, 0) is 79.1 Å². The molecule has 2 atom stereocenters. The highest BCUT2D eigenvalue weighted by atomic mass is 19.1. The average Bonchev–Trinajstić information content (AvgIpc) is 2.88. The number of aryl methyl sites for hydroxylation is 1. The van der Waals surface area contributed by atoms with E-state index in [0.717, 1.165) is 29.0 Å². The minimum Gasteiger partial charge on any atom is -0.385 e. The molecule has 3 aromatic rings. The largest absolute Gasteiger partial charge is 0.385 e. The van der Waals surface area contributed by atoms with Crippen LogP contribution in [0, 0.1) is 18.7 Å². The van der Waals surface area contributed by atoms with Gasteiger partial charge in [-0.2, -0.15) is 0 Å². The molecule has 200 valence electrons. The van der Waals surface area contributed by atoms with Crippen LogP contribution in [0.15, 0.2) is 66.7 Å². The van der Waals surface area contributed by atoms with Gasteiger partial charge in [0.05, 0.1) is 17.5 Å². The monoisotopic (exact) mass is 515 g/mol. The molecule has 1 fully saturated rings. The number of anilines is 2. The second kappa shape index (κ2) is 11.4. The van der Waals surface area contributed by atoms with Crippen molar-refractivity contribution < 1.29 is 14.0 Å². The van der Waals surface area contributed by atoms with Crippen LogP contribution in [0.4, 0.5) is 15.8 Å². The number of halogens is 1. The summed E-state index contributed by atoms with van der Waals surface area (Å²) in [6, 6.07) is 19.9. The van der Waals surface area contributed by atoms with Crippen molar-refractivity contribution >= 4 is 23.2 Å². The molecule has 1 aliphatic rings. The molecule has 3 aromatic carbocycles. The summed E-state index contributed by atoms with van der Waals surface area (Å²) in [7, 11) is 0. The highest BCUT2D eigenvalue weighted by Crippen LogP contribution is 2.39. The molecule has 0 unspecified atom stereocenters. The maximum atomic E-state index is 14.9. The molecule has 2 amide bonds. The smallest absolute Gasteiger partial charge is 0.257 e. The molecule has 6 heteroatoms. The number of carbonyl (C=O) groups excluding carboxylic acids is 2. The lowest BCUT2D eigenvalue weighted by molar-refractivity contribution is -0.123. The molecule has 0 bridgehead atoms. The number of benzene rings is 3. The number of amides is 2. The number of likely N-dealkylation sites (tertiary alicyclic amines) is 1. The number of hydrogen-bond acceptors (Lipinski definition) is 3. The van der Waals surface area contributed by atoms with Crippen LogP contribution in [0.5, 0.6) is 0 Å². The number of piperidine rings is 1. The molecule has 2 N–H and O–H groups in total. The third-order valence-corrected chi connectivity index (χ3v) is 7.27. The van der Waals surface area contributed by atoms with Gasteiger partial charge in [-0.15, -0.1) is 0 Å². The van der Waals surface area contributed by atoms with E-state index in [1.807, 2.05) is 49.4 Å². The lowest BCUT2D eigenvalue weighted by Gasteiger charge is -2.41. The van der Waals surface area contributed by atoms with Crippen molar-refractivity contribution in [1.29, 1.82) is 0 Å². The first kappa shape index (κ1) is 27.4. The van der Waals surface area contributed by atoms with Gasteiger partial charge in [0, 0.05) is 24.5 Å². The van der Waals surface area contributed by atoms with Crippen molar-refractivity contribution in [3.8, 4) is 0 Å². The summed E-state index contributed by atoms with van der Waals surface area (Å²) in [6.45, 7) is 11.4. The molecular weight excluding hydrogens is 477 g/mol. The minimum absolute atomic E-state index is 0.0539. The van der Waals surface area contributed by atoms with E-state index in [1.54, 1.807) is 24.0 Å².